The quantitative estimate of drug-likeness (QED) is 0.850. The van der Waals surface area contributed by atoms with Gasteiger partial charge in [0.15, 0.2) is 0 Å². The molecule has 2 rings (SSSR count). The molecule has 0 fully saturated rings. The molecule has 0 saturated heterocycles. The Labute approximate surface area is 98.5 Å². The van der Waals surface area contributed by atoms with Crippen LogP contribution in [0.2, 0.25) is 0 Å². The van der Waals surface area contributed by atoms with E-state index >= 15 is 0 Å². The van der Waals surface area contributed by atoms with Crippen molar-refractivity contribution in [1.29, 1.82) is 0 Å². The SMILES string of the molecule is OCCC(CO)c1cc(F)cc2ccncc12. The van der Waals surface area contributed by atoms with Crippen LogP contribution in [0.1, 0.15) is 17.9 Å². The molecule has 1 aromatic carbocycles. The van der Waals surface area contributed by atoms with Crippen molar-refractivity contribution in [1.82, 2.24) is 4.98 Å². The van der Waals surface area contributed by atoms with E-state index in [-0.39, 0.29) is 24.9 Å². The van der Waals surface area contributed by atoms with Crippen molar-refractivity contribution < 1.29 is 14.6 Å². The van der Waals surface area contributed by atoms with Gasteiger partial charge in [-0.1, -0.05) is 0 Å². The van der Waals surface area contributed by atoms with Gasteiger partial charge in [0.25, 0.3) is 0 Å². The Balaban J connectivity index is 2.58. The molecule has 0 radical (unpaired) electrons. The molecule has 0 saturated carbocycles. The first-order valence-corrected chi connectivity index (χ1v) is 5.51. The topological polar surface area (TPSA) is 53.4 Å². The molecule has 17 heavy (non-hydrogen) atoms. The maximum atomic E-state index is 13.5. The van der Waals surface area contributed by atoms with Gasteiger partial charge >= 0.3 is 0 Å². The first-order valence-electron chi connectivity index (χ1n) is 5.51. The van der Waals surface area contributed by atoms with Crippen LogP contribution in [0.3, 0.4) is 0 Å². The number of hydrogen-bond donors (Lipinski definition) is 2. The first-order chi connectivity index (χ1) is 8.26. The van der Waals surface area contributed by atoms with Gasteiger partial charge in [0, 0.05) is 30.3 Å². The molecule has 0 bridgehead atoms. The van der Waals surface area contributed by atoms with Crippen LogP contribution in [-0.4, -0.2) is 28.4 Å². The third-order valence-corrected chi connectivity index (χ3v) is 2.89. The summed E-state index contributed by atoms with van der Waals surface area (Å²) in [4.78, 5) is 4.01. The van der Waals surface area contributed by atoms with Crippen molar-refractivity contribution in [3.05, 3.63) is 42.0 Å². The number of rotatable bonds is 4. The van der Waals surface area contributed by atoms with Crippen LogP contribution in [0.15, 0.2) is 30.6 Å². The molecule has 0 aliphatic heterocycles. The molecule has 1 unspecified atom stereocenters. The smallest absolute Gasteiger partial charge is 0.124 e. The minimum atomic E-state index is -0.338. The van der Waals surface area contributed by atoms with E-state index in [1.54, 1.807) is 18.5 Å². The maximum absolute atomic E-state index is 13.5. The zero-order valence-corrected chi connectivity index (χ0v) is 9.31. The van der Waals surface area contributed by atoms with Crippen molar-refractivity contribution >= 4 is 10.8 Å². The fourth-order valence-electron chi connectivity index (χ4n) is 2.03. The fraction of sp³-hybridized carbons (Fsp3) is 0.308. The van der Waals surface area contributed by atoms with E-state index in [0.717, 1.165) is 10.8 Å². The van der Waals surface area contributed by atoms with E-state index in [1.807, 2.05) is 0 Å². The van der Waals surface area contributed by atoms with Crippen molar-refractivity contribution in [3.8, 4) is 0 Å². The second-order valence-electron chi connectivity index (χ2n) is 3.98. The normalized spacial score (nSPS) is 12.9. The van der Waals surface area contributed by atoms with Gasteiger partial charge in [-0.25, -0.2) is 4.39 Å². The Hall–Kier alpha value is -1.52. The molecule has 0 amide bonds. The van der Waals surface area contributed by atoms with Crippen LogP contribution in [0, 0.1) is 5.82 Å². The largest absolute Gasteiger partial charge is 0.396 e. The number of pyridine rings is 1. The van der Waals surface area contributed by atoms with Crippen molar-refractivity contribution in [2.24, 2.45) is 0 Å². The molecular weight excluding hydrogens is 221 g/mol. The van der Waals surface area contributed by atoms with E-state index < -0.39 is 0 Å². The Bertz CT molecular complexity index is 516. The summed E-state index contributed by atoms with van der Waals surface area (Å²) in [6.45, 7) is -0.155. The zero-order chi connectivity index (χ0) is 12.3. The molecule has 2 aromatic rings. The van der Waals surface area contributed by atoms with Crippen LogP contribution < -0.4 is 0 Å². The summed E-state index contributed by atoms with van der Waals surface area (Å²) >= 11 is 0. The number of nitrogens with zero attached hydrogens (tertiary/aromatic N) is 1. The van der Waals surface area contributed by atoms with Crippen LogP contribution in [0.5, 0.6) is 0 Å². The predicted molar refractivity (Wildman–Crippen MR) is 63.2 cm³/mol. The minimum Gasteiger partial charge on any atom is -0.396 e. The highest BCUT2D eigenvalue weighted by Crippen LogP contribution is 2.28. The summed E-state index contributed by atoms with van der Waals surface area (Å²) in [6.07, 6.45) is 3.67. The Morgan fingerprint density at radius 3 is 2.82 bits per heavy atom. The zero-order valence-electron chi connectivity index (χ0n) is 9.31. The van der Waals surface area contributed by atoms with E-state index in [4.69, 9.17) is 5.11 Å². The Morgan fingerprint density at radius 2 is 2.12 bits per heavy atom. The lowest BCUT2D eigenvalue weighted by Crippen LogP contribution is -2.07. The van der Waals surface area contributed by atoms with E-state index in [1.165, 1.54) is 12.1 Å². The van der Waals surface area contributed by atoms with Crippen LogP contribution in [0.25, 0.3) is 10.8 Å². The molecule has 0 aliphatic carbocycles. The fourth-order valence-corrected chi connectivity index (χ4v) is 2.03. The second-order valence-corrected chi connectivity index (χ2v) is 3.98. The van der Waals surface area contributed by atoms with E-state index in [9.17, 15) is 9.50 Å². The van der Waals surface area contributed by atoms with Crippen molar-refractivity contribution in [3.63, 3.8) is 0 Å². The highest BCUT2D eigenvalue weighted by molar-refractivity contribution is 5.85. The number of hydrogen-bond acceptors (Lipinski definition) is 3. The van der Waals surface area contributed by atoms with Gasteiger partial charge in [-0.3, -0.25) is 4.98 Å². The molecule has 1 atom stereocenters. The molecule has 3 nitrogen and oxygen atoms in total. The monoisotopic (exact) mass is 235 g/mol. The Kier molecular flexibility index (Phi) is 3.66. The third kappa shape index (κ3) is 2.43. The molecular formula is C13H14FNO2. The van der Waals surface area contributed by atoms with E-state index in [0.29, 0.717) is 12.0 Å². The first kappa shape index (κ1) is 12.0. The molecule has 90 valence electrons. The Morgan fingerprint density at radius 1 is 1.29 bits per heavy atom. The number of fused-ring (bicyclic) bond motifs is 1. The van der Waals surface area contributed by atoms with Gasteiger partial charge < -0.3 is 10.2 Å². The molecule has 1 heterocycles. The average Bonchev–Trinajstić information content (AvgIpc) is 2.35. The number of benzene rings is 1. The number of aliphatic hydroxyl groups is 2. The number of aromatic nitrogens is 1. The standard InChI is InChI=1S/C13H14FNO2/c14-11-5-9-1-3-15-7-13(9)12(6-11)10(8-17)2-4-16/h1,3,5-7,10,16-17H,2,4,8H2. The van der Waals surface area contributed by atoms with Crippen LogP contribution in [0.4, 0.5) is 4.39 Å². The number of aliphatic hydroxyl groups excluding tert-OH is 2. The molecule has 0 spiro atoms. The second kappa shape index (κ2) is 5.21. The summed E-state index contributed by atoms with van der Waals surface area (Å²) in [7, 11) is 0. The number of halogens is 1. The lowest BCUT2D eigenvalue weighted by atomic mass is 9.92. The van der Waals surface area contributed by atoms with Gasteiger partial charge in [0.2, 0.25) is 0 Å². The highest BCUT2D eigenvalue weighted by atomic mass is 19.1. The van der Waals surface area contributed by atoms with Crippen LogP contribution in [-0.2, 0) is 0 Å². The summed E-state index contributed by atoms with van der Waals surface area (Å²) in [5, 5.41) is 19.8. The van der Waals surface area contributed by atoms with Crippen molar-refractivity contribution in [2.75, 3.05) is 13.2 Å². The van der Waals surface area contributed by atoms with Crippen molar-refractivity contribution in [2.45, 2.75) is 12.3 Å². The summed E-state index contributed by atoms with van der Waals surface area (Å²) in [5.41, 5.74) is 0.699. The molecule has 1 aromatic heterocycles. The van der Waals surface area contributed by atoms with Gasteiger partial charge in [-0.05, 0) is 35.6 Å². The third-order valence-electron chi connectivity index (χ3n) is 2.89. The van der Waals surface area contributed by atoms with Gasteiger partial charge in [-0.2, -0.15) is 0 Å². The van der Waals surface area contributed by atoms with E-state index in [2.05, 4.69) is 4.98 Å². The van der Waals surface area contributed by atoms with Gasteiger partial charge in [0.05, 0.1) is 6.61 Å². The summed E-state index contributed by atoms with van der Waals surface area (Å²) < 4.78 is 13.5. The highest BCUT2D eigenvalue weighted by Gasteiger charge is 2.14. The molecule has 4 heteroatoms. The van der Waals surface area contributed by atoms with Gasteiger partial charge in [-0.15, -0.1) is 0 Å². The summed E-state index contributed by atoms with van der Waals surface area (Å²) in [5.74, 6) is -0.600. The lowest BCUT2D eigenvalue weighted by molar-refractivity contribution is 0.220. The minimum absolute atomic E-state index is 0.0382. The van der Waals surface area contributed by atoms with Crippen LogP contribution >= 0.6 is 0 Å². The maximum Gasteiger partial charge on any atom is 0.124 e. The average molecular weight is 235 g/mol. The van der Waals surface area contributed by atoms with Gasteiger partial charge in [0.1, 0.15) is 5.82 Å². The predicted octanol–water partition coefficient (Wildman–Crippen LogP) is 1.83. The molecule has 0 aliphatic rings. The molecule has 2 N–H and O–H groups in total. The lowest BCUT2D eigenvalue weighted by Gasteiger charge is -2.15. The summed E-state index contributed by atoms with van der Waals surface area (Å²) in [6, 6.07) is 4.57.